The van der Waals surface area contributed by atoms with Gasteiger partial charge < -0.3 is 15.1 Å². The molecule has 0 aliphatic rings. The molecule has 0 radical (unpaired) electrons. The summed E-state index contributed by atoms with van der Waals surface area (Å²) in [4.78, 5) is 13.0. The van der Waals surface area contributed by atoms with Crippen LogP contribution in [0.5, 0.6) is 0 Å². The monoisotopic (exact) mass is 363 g/mol. The summed E-state index contributed by atoms with van der Waals surface area (Å²) in [7, 11) is 3.47. The van der Waals surface area contributed by atoms with Crippen LogP contribution in [0.4, 0.5) is 0 Å². The standard InChI is InChI=1S/C22H37NO3/c1-4-5-6-7-8-11-15-20(24)16-12-9-10-13-17-21(25)18-14-19-22(26)23(2)3/h8-13,16-17,20-21,24-25H,4-7,14-15,18-19H2,1-3H3/b10-9+,11-8?,16-12+,17-13?/t20-,21-/m1/s1. The van der Waals surface area contributed by atoms with E-state index in [1.54, 1.807) is 37.2 Å². The van der Waals surface area contributed by atoms with Crippen molar-refractivity contribution >= 4 is 5.91 Å². The number of carbonyl (C=O) groups is 1. The lowest BCUT2D eigenvalue weighted by atomic mass is 10.1. The van der Waals surface area contributed by atoms with Crippen LogP contribution >= 0.6 is 0 Å². The second-order valence-corrected chi connectivity index (χ2v) is 6.67. The third-order valence-electron chi connectivity index (χ3n) is 3.91. The Balaban J connectivity index is 3.86. The lowest BCUT2D eigenvalue weighted by molar-refractivity contribution is -0.128. The largest absolute Gasteiger partial charge is 0.389 e. The molecule has 0 aliphatic heterocycles. The summed E-state index contributed by atoms with van der Waals surface area (Å²) in [6.45, 7) is 2.19. The predicted molar refractivity (Wildman–Crippen MR) is 110 cm³/mol. The molecular weight excluding hydrogens is 326 g/mol. The van der Waals surface area contributed by atoms with Gasteiger partial charge in [0, 0.05) is 20.5 Å². The second-order valence-electron chi connectivity index (χ2n) is 6.67. The maximum Gasteiger partial charge on any atom is 0.222 e. The number of hydrogen-bond donors (Lipinski definition) is 2. The van der Waals surface area contributed by atoms with Crippen LogP contribution in [0.2, 0.25) is 0 Å². The van der Waals surface area contributed by atoms with Gasteiger partial charge in [-0.2, -0.15) is 0 Å². The second kappa shape index (κ2) is 16.8. The third-order valence-corrected chi connectivity index (χ3v) is 3.91. The summed E-state index contributed by atoms with van der Waals surface area (Å²) in [6.07, 6.45) is 21.0. The van der Waals surface area contributed by atoms with Crippen LogP contribution in [0, 0.1) is 0 Å². The zero-order chi connectivity index (χ0) is 19.6. The van der Waals surface area contributed by atoms with Gasteiger partial charge in [0.15, 0.2) is 0 Å². The molecule has 0 bridgehead atoms. The molecule has 0 fully saturated rings. The number of amides is 1. The minimum Gasteiger partial charge on any atom is -0.389 e. The van der Waals surface area contributed by atoms with Gasteiger partial charge in [-0.1, -0.05) is 68.4 Å². The Hall–Kier alpha value is -1.65. The van der Waals surface area contributed by atoms with Crippen molar-refractivity contribution in [2.45, 2.75) is 70.5 Å². The number of carbonyl (C=O) groups excluding carboxylic acids is 1. The molecule has 0 unspecified atom stereocenters. The van der Waals surface area contributed by atoms with Crippen LogP contribution in [0.25, 0.3) is 0 Å². The fourth-order valence-electron chi connectivity index (χ4n) is 2.24. The zero-order valence-electron chi connectivity index (χ0n) is 16.7. The Morgan fingerprint density at radius 1 is 0.923 bits per heavy atom. The van der Waals surface area contributed by atoms with E-state index in [4.69, 9.17) is 0 Å². The van der Waals surface area contributed by atoms with Crippen molar-refractivity contribution in [1.82, 2.24) is 4.90 Å². The molecule has 0 aliphatic carbocycles. The first-order valence-electron chi connectivity index (χ1n) is 9.70. The van der Waals surface area contributed by atoms with Crippen LogP contribution in [0.1, 0.15) is 58.3 Å². The van der Waals surface area contributed by atoms with Gasteiger partial charge >= 0.3 is 0 Å². The molecule has 0 rings (SSSR count). The summed E-state index contributed by atoms with van der Waals surface area (Å²) in [5.41, 5.74) is 0. The third kappa shape index (κ3) is 15.9. The van der Waals surface area contributed by atoms with E-state index in [-0.39, 0.29) is 5.91 Å². The lowest BCUT2D eigenvalue weighted by Crippen LogP contribution is -2.21. The highest BCUT2D eigenvalue weighted by atomic mass is 16.3. The van der Waals surface area contributed by atoms with Gasteiger partial charge in [-0.05, 0) is 32.1 Å². The van der Waals surface area contributed by atoms with E-state index in [9.17, 15) is 15.0 Å². The van der Waals surface area contributed by atoms with Crippen LogP contribution in [0.15, 0.2) is 48.6 Å². The average molecular weight is 364 g/mol. The van der Waals surface area contributed by atoms with Crippen molar-refractivity contribution in [2.75, 3.05) is 14.1 Å². The highest BCUT2D eigenvalue weighted by molar-refractivity contribution is 5.75. The number of unbranched alkanes of at least 4 members (excludes halogenated alkanes) is 3. The molecule has 26 heavy (non-hydrogen) atoms. The highest BCUT2D eigenvalue weighted by Crippen LogP contribution is 2.04. The molecule has 4 heteroatoms. The minimum atomic E-state index is -0.540. The van der Waals surface area contributed by atoms with Crippen molar-refractivity contribution in [3.8, 4) is 0 Å². The van der Waals surface area contributed by atoms with E-state index in [1.807, 2.05) is 24.3 Å². The first-order chi connectivity index (χ1) is 12.5. The molecule has 1 amide bonds. The Morgan fingerprint density at radius 2 is 1.58 bits per heavy atom. The molecule has 0 aromatic heterocycles. The van der Waals surface area contributed by atoms with Crippen molar-refractivity contribution in [2.24, 2.45) is 0 Å². The lowest BCUT2D eigenvalue weighted by Gasteiger charge is -2.10. The van der Waals surface area contributed by atoms with Gasteiger partial charge in [0.2, 0.25) is 5.91 Å². The molecule has 2 N–H and O–H groups in total. The van der Waals surface area contributed by atoms with Gasteiger partial charge in [-0.15, -0.1) is 0 Å². The van der Waals surface area contributed by atoms with Gasteiger partial charge in [-0.3, -0.25) is 4.79 Å². The van der Waals surface area contributed by atoms with Gasteiger partial charge in [0.1, 0.15) is 0 Å². The topological polar surface area (TPSA) is 60.8 Å². The molecule has 4 nitrogen and oxygen atoms in total. The van der Waals surface area contributed by atoms with Crippen molar-refractivity contribution < 1.29 is 15.0 Å². The normalized spacial score (nSPS) is 14.8. The van der Waals surface area contributed by atoms with Gasteiger partial charge in [-0.25, -0.2) is 0 Å². The van der Waals surface area contributed by atoms with Crippen LogP contribution < -0.4 is 0 Å². The predicted octanol–water partition coefficient (Wildman–Crippen LogP) is 4.16. The quantitative estimate of drug-likeness (QED) is 0.277. The number of hydrogen-bond acceptors (Lipinski definition) is 3. The molecule has 0 saturated heterocycles. The fourth-order valence-corrected chi connectivity index (χ4v) is 2.24. The first-order valence-corrected chi connectivity index (χ1v) is 9.70. The minimum absolute atomic E-state index is 0.0839. The van der Waals surface area contributed by atoms with Crippen molar-refractivity contribution in [1.29, 1.82) is 0 Å². The summed E-state index contributed by atoms with van der Waals surface area (Å²) in [5, 5.41) is 19.6. The molecule has 0 aromatic rings. The number of aliphatic hydroxyl groups is 2. The van der Waals surface area contributed by atoms with Gasteiger partial charge in [0.25, 0.3) is 0 Å². The maximum absolute atomic E-state index is 11.4. The molecule has 0 spiro atoms. The Morgan fingerprint density at radius 3 is 2.19 bits per heavy atom. The van der Waals surface area contributed by atoms with Crippen LogP contribution in [-0.4, -0.2) is 47.3 Å². The van der Waals surface area contributed by atoms with E-state index in [2.05, 4.69) is 13.0 Å². The van der Waals surface area contributed by atoms with Crippen LogP contribution in [-0.2, 0) is 4.79 Å². The fraction of sp³-hybridized carbons (Fsp3) is 0.591. The van der Waals surface area contributed by atoms with Crippen molar-refractivity contribution in [3.05, 3.63) is 48.6 Å². The number of aliphatic hydroxyl groups excluding tert-OH is 2. The summed E-state index contributed by atoms with van der Waals surface area (Å²) < 4.78 is 0. The van der Waals surface area contributed by atoms with Crippen molar-refractivity contribution in [3.63, 3.8) is 0 Å². The Bertz CT molecular complexity index is 464. The molecular formula is C22H37NO3. The van der Waals surface area contributed by atoms with Gasteiger partial charge in [0.05, 0.1) is 12.2 Å². The highest BCUT2D eigenvalue weighted by Gasteiger charge is 2.05. The van der Waals surface area contributed by atoms with E-state index in [1.165, 1.54) is 19.3 Å². The zero-order valence-corrected chi connectivity index (χ0v) is 16.7. The average Bonchev–Trinajstić information content (AvgIpc) is 2.60. The Kier molecular flexibility index (Phi) is 15.7. The SMILES string of the molecule is CCCCCC=CC[C@@H](O)/C=C/C=C/C=C[C@@H](O)CCCC(=O)N(C)C. The molecule has 0 heterocycles. The summed E-state index contributed by atoms with van der Waals surface area (Å²) >= 11 is 0. The van der Waals surface area contributed by atoms with E-state index >= 15 is 0 Å². The van der Waals surface area contributed by atoms with E-state index in [0.29, 0.717) is 25.7 Å². The molecule has 148 valence electrons. The van der Waals surface area contributed by atoms with E-state index in [0.717, 1.165) is 6.42 Å². The molecule has 2 atom stereocenters. The number of rotatable bonds is 14. The summed E-state index contributed by atoms with van der Waals surface area (Å²) in [5.74, 6) is 0.0839. The maximum atomic E-state index is 11.4. The summed E-state index contributed by atoms with van der Waals surface area (Å²) in [6, 6.07) is 0. The molecule has 0 saturated carbocycles. The number of allylic oxidation sites excluding steroid dienone is 5. The molecule has 0 aromatic carbocycles. The smallest absolute Gasteiger partial charge is 0.222 e. The van der Waals surface area contributed by atoms with Crippen LogP contribution in [0.3, 0.4) is 0 Å². The first kappa shape index (κ1) is 24.4. The number of nitrogens with zero attached hydrogens (tertiary/aromatic N) is 1. The van der Waals surface area contributed by atoms with E-state index < -0.39 is 12.2 Å². The Labute approximate surface area is 159 Å².